The molecule has 3 aromatic carbocycles. The SMILES string of the molecule is O=C(CC1(c2ccccc2)Nc2ccccc2C1=O)c1ccc(Br)cc1. The van der Waals surface area contributed by atoms with E-state index >= 15 is 0 Å². The number of ketones is 2. The summed E-state index contributed by atoms with van der Waals surface area (Å²) in [6, 6.07) is 24.1. The van der Waals surface area contributed by atoms with Gasteiger partial charge in [0.15, 0.2) is 11.6 Å². The van der Waals surface area contributed by atoms with E-state index in [9.17, 15) is 9.59 Å². The zero-order valence-corrected chi connectivity index (χ0v) is 15.5. The Kier molecular flexibility index (Phi) is 4.21. The minimum absolute atomic E-state index is 0.0617. The van der Waals surface area contributed by atoms with Crippen LogP contribution in [0, 0.1) is 0 Å². The normalized spacial score (nSPS) is 18.3. The van der Waals surface area contributed by atoms with Gasteiger partial charge in [-0.3, -0.25) is 9.59 Å². The van der Waals surface area contributed by atoms with Crippen LogP contribution < -0.4 is 5.32 Å². The zero-order valence-electron chi connectivity index (χ0n) is 13.9. The molecule has 128 valence electrons. The summed E-state index contributed by atoms with van der Waals surface area (Å²) in [5, 5.41) is 3.35. The van der Waals surface area contributed by atoms with E-state index < -0.39 is 5.54 Å². The second-order valence-corrected chi connectivity index (χ2v) is 7.29. The molecule has 1 aliphatic heterocycles. The largest absolute Gasteiger partial charge is 0.368 e. The summed E-state index contributed by atoms with van der Waals surface area (Å²) in [7, 11) is 0. The average molecular weight is 406 g/mol. The Morgan fingerprint density at radius 2 is 1.54 bits per heavy atom. The van der Waals surface area contributed by atoms with Crippen LogP contribution in [0.3, 0.4) is 0 Å². The molecule has 0 aliphatic carbocycles. The maximum Gasteiger partial charge on any atom is 0.195 e. The van der Waals surface area contributed by atoms with Gasteiger partial charge in [0.1, 0.15) is 5.54 Å². The summed E-state index contributed by atoms with van der Waals surface area (Å²) in [5.74, 6) is -0.139. The molecule has 3 nitrogen and oxygen atoms in total. The van der Waals surface area contributed by atoms with E-state index in [1.807, 2.05) is 60.7 Å². The number of fused-ring (bicyclic) bond motifs is 1. The van der Waals surface area contributed by atoms with E-state index in [0.717, 1.165) is 15.7 Å². The number of carbonyl (C=O) groups is 2. The summed E-state index contributed by atoms with van der Waals surface area (Å²) in [5.41, 5.74) is 1.71. The van der Waals surface area contributed by atoms with Crippen molar-refractivity contribution in [1.29, 1.82) is 0 Å². The van der Waals surface area contributed by atoms with Gasteiger partial charge in [-0.25, -0.2) is 0 Å². The van der Waals surface area contributed by atoms with Gasteiger partial charge in [-0.05, 0) is 29.8 Å². The van der Waals surface area contributed by atoms with E-state index in [-0.39, 0.29) is 18.0 Å². The molecule has 0 saturated carbocycles. The lowest BCUT2D eigenvalue weighted by Gasteiger charge is -2.28. The first-order valence-electron chi connectivity index (χ1n) is 8.36. The van der Waals surface area contributed by atoms with Crippen LogP contribution in [0.15, 0.2) is 83.3 Å². The number of rotatable bonds is 4. The fourth-order valence-electron chi connectivity index (χ4n) is 3.44. The van der Waals surface area contributed by atoms with Crippen LogP contribution in [0.25, 0.3) is 0 Å². The van der Waals surface area contributed by atoms with Gasteiger partial charge < -0.3 is 5.32 Å². The van der Waals surface area contributed by atoms with Crippen molar-refractivity contribution < 1.29 is 9.59 Å². The molecule has 0 radical (unpaired) electrons. The number of para-hydroxylation sites is 1. The molecule has 4 rings (SSSR count). The topological polar surface area (TPSA) is 46.2 Å². The quantitative estimate of drug-likeness (QED) is 0.604. The van der Waals surface area contributed by atoms with Crippen LogP contribution in [-0.4, -0.2) is 11.6 Å². The van der Waals surface area contributed by atoms with E-state index in [1.165, 1.54) is 0 Å². The third-order valence-electron chi connectivity index (χ3n) is 4.77. The van der Waals surface area contributed by atoms with Crippen LogP contribution >= 0.6 is 15.9 Å². The molecule has 0 spiro atoms. The lowest BCUT2D eigenvalue weighted by Crippen LogP contribution is -2.40. The predicted molar refractivity (Wildman–Crippen MR) is 106 cm³/mol. The lowest BCUT2D eigenvalue weighted by atomic mass is 9.80. The van der Waals surface area contributed by atoms with Crippen molar-refractivity contribution in [3.8, 4) is 0 Å². The van der Waals surface area contributed by atoms with E-state index in [4.69, 9.17) is 0 Å². The van der Waals surface area contributed by atoms with Crippen molar-refractivity contribution >= 4 is 33.2 Å². The molecule has 1 aliphatic rings. The smallest absolute Gasteiger partial charge is 0.195 e. The van der Waals surface area contributed by atoms with Crippen LogP contribution in [-0.2, 0) is 5.54 Å². The lowest BCUT2D eigenvalue weighted by molar-refractivity contribution is 0.0846. The molecular weight excluding hydrogens is 390 g/mol. The van der Waals surface area contributed by atoms with Crippen LogP contribution in [0.4, 0.5) is 5.69 Å². The maximum atomic E-state index is 13.3. The van der Waals surface area contributed by atoms with Crippen molar-refractivity contribution in [3.63, 3.8) is 0 Å². The van der Waals surface area contributed by atoms with Crippen molar-refractivity contribution in [2.75, 3.05) is 5.32 Å². The highest BCUT2D eigenvalue weighted by Crippen LogP contribution is 2.42. The first-order valence-corrected chi connectivity index (χ1v) is 9.16. The molecule has 0 fully saturated rings. The third kappa shape index (κ3) is 2.76. The highest BCUT2D eigenvalue weighted by atomic mass is 79.9. The van der Waals surface area contributed by atoms with E-state index in [2.05, 4.69) is 21.2 Å². The summed E-state index contributed by atoms with van der Waals surface area (Å²) in [6.45, 7) is 0. The van der Waals surface area contributed by atoms with E-state index in [0.29, 0.717) is 11.1 Å². The average Bonchev–Trinajstić information content (AvgIpc) is 2.96. The Hall–Kier alpha value is -2.72. The number of nitrogens with one attached hydrogen (secondary N) is 1. The van der Waals surface area contributed by atoms with Crippen molar-refractivity contribution in [1.82, 2.24) is 0 Å². The molecular formula is C22H16BrNO2. The Morgan fingerprint density at radius 1 is 0.885 bits per heavy atom. The molecule has 1 N–H and O–H groups in total. The Morgan fingerprint density at radius 3 is 2.23 bits per heavy atom. The van der Waals surface area contributed by atoms with Gasteiger partial charge in [-0.15, -0.1) is 0 Å². The standard InChI is InChI=1S/C22H16BrNO2/c23-17-12-10-15(11-13-17)20(25)14-22(16-6-2-1-3-7-16)21(26)18-8-4-5-9-19(18)24-22/h1-13,24H,14H2. The molecule has 0 amide bonds. The molecule has 0 bridgehead atoms. The van der Waals surface area contributed by atoms with Gasteiger partial charge in [-0.2, -0.15) is 0 Å². The Balaban J connectivity index is 1.77. The molecule has 1 heterocycles. The summed E-state index contributed by atoms with van der Waals surface area (Å²) in [6.07, 6.45) is 0.0617. The Labute approximate surface area is 160 Å². The van der Waals surface area contributed by atoms with Gasteiger partial charge >= 0.3 is 0 Å². The number of anilines is 1. The van der Waals surface area contributed by atoms with Gasteiger partial charge in [-0.1, -0.05) is 70.5 Å². The number of carbonyl (C=O) groups excluding carboxylic acids is 2. The van der Waals surface area contributed by atoms with Gasteiger partial charge in [0.05, 0.1) is 0 Å². The molecule has 0 aromatic heterocycles. The molecule has 4 heteroatoms. The zero-order chi connectivity index (χ0) is 18.1. The van der Waals surface area contributed by atoms with Crippen LogP contribution in [0.5, 0.6) is 0 Å². The number of benzene rings is 3. The number of halogens is 1. The first-order chi connectivity index (χ1) is 12.6. The van der Waals surface area contributed by atoms with E-state index in [1.54, 1.807) is 18.2 Å². The third-order valence-corrected chi connectivity index (χ3v) is 5.29. The number of hydrogen-bond acceptors (Lipinski definition) is 3. The number of Topliss-reactive ketones (excluding diaryl/α,β-unsaturated/α-hetero) is 2. The molecule has 3 aromatic rings. The summed E-state index contributed by atoms with van der Waals surface area (Å²) in [4.78, 5) is 26.3. The fourth-order valence-corrected chi connectivity index (χ4v) is 3.70. The minimum atomic E-state index is -1.07. The summed E-state index contributed by atoms with van der Waals surface area (Å²) < 4.78 is 0.911. The minimum Gasteiger partial charge on any atom is -0.368 e. The second kappa shape index (κ2) is 6.54. The maximum absolute atomic E-state index is 13.3. The fraction of sp³-hybridized carbons (Fsp3) is 0.0909. The van der Waals surface area contributed by atoms with Crippen molar-refractivity contribution in [3.05, 3.63) is 100 Å². The summed E-state index contributed by atoms with van der Waals surface area (Å²) >= 11 is 3.38. The van der Waals surface area contributed by atoms with Gasteiger partial charge in [0.25, 0.3) is 0 Å². The van der Waals surface area contributed by atoms with Crippen molar-refractivity contribution in [2.45, 2.75) is 12.0 Å². The second-order valence-electron chi connectivity index (χ2n) is 6.38. The highest BCUT2D eigenvalue weighted by molar-refractivity contribution is 9.10. The van der Waals surface area contributed by atoms with Crippen LogP contribution in [0.1, 0.15) is 32.7 Å². The van der Waals surface area contributed by atoms with Gasteiger partial charge in [0.2, 0.25) is 0 Å². The molecule has 0 saturated heterocycles. The molecule has 26 heavy (non-hydrogen) atoms. The highest BCUT2D eigenvalue weighted by Gasteiger charge is 2.47. The van der Waals surface area contributed by atoms with Gasteiger partial charge in [0, 0.05) is 27.7 Å². The monoisotopic (exact) mass is 405 g/mol. The molecule has 1 atom stereocenters. The molecule has 1 unspecified atom stereocenters. The number of hydrogen-bond donors (Lipinski definition) is 1. The predicted octanol–water partition coefficient (Wildman–Crippen LogP) is 5.23. The van der Waals surface area contributed by atoms with Crippen molar-refractivity contribution in [2.24, 2.45) is 0 Å². The van der Waals surface area contributed by atoms with Crippen LogP contribution in [0.2, 0.25) is 0 Å². The Bertz CT molecular complexity index is 983. The first kappa shape index (κ1) is 16.7.